The zero-order valence-corrected chi connectivity index (χ0v) is 18.4. The summed E-state index contributed by atoms with van der Waals surface area (Å²) in [7, 11) is -3.56. The monoisotopic (exact) mass is 420 g/mol. The van der Waals surface area contributed by atoms with Gasteiger partial charge in [-0.1, -0.05) is 43.7 Å². The van der Waals surface area contributed by atoms with Crippen molar-refractivity contribution >= 4 is 33.4 Å². The molecule has 0 saturated carbocycles. The third-order valence-corrected chi connectivity index (χ3v) is 6.40. The van der Waals surface area contributed by atoms with E-state index in [4.69, 9.17) is 0 Å². The van der Waals surface area contributed by atoms with Gasteiger partial charge < -0.3 is 5.32 Å². The lowest BCUT2D eigenvalue weighted by Crippen LogP contribution is -2.41. The maximum Gasteiger partial charge on any atom is 0.240 e. The molecule has 28 heavy (non-hydrogen) atoms. The lowest BCUT2D eigenvalue weighted by Gasteiger charge is -2.22. The Hall–Kier alpha value is -1.99. The molecule has 0 heterocycles. The zero-order valence-electron chi connectivity index (χ0n) is 16.8. The smallest absolute Gasteiger partial charge is 0.240 e. The first kappa shape index (κ1) is 22.3. The Kier molecular flexibility index (Phi) is 7.95. The van der Waals surface area contributed by atoms with Crippen molar-refractivity contribution in [2.75, 3.05) is 29.4 Å². The van der Waals surface area contributed by atoms with Crippen LogP contribution < -0.4 is 9.62 Å². The fraction of sp³-hybridized carbons (Fsp3) is 0.381. The number of carbonyl (C=O) groups is 1. The summed E-state index contributed by atoms with van der Waals surface area (Å²) in [5, 5.41) is 2.80. The summed E-state index contributed by atoms with van der Waals surface area (Å²) in [5.41, 5.74) is 2.82. The molecule has 0 aliphatic rings. The van der Waals surface area contributed by atoms with Gasteiger partial charge in [0.1, 0.15) is 6.54 Å². The van der Waals surface area contributed by atoms with Crippen LogP contribution in [-0.2, 0) is 14.8 Å². The number of aryl methyl sites for hydroxylation is 1. The van der Waals surface area contributed by atoms with Gasteiger partial charge in [-0.3, -0.25) is 9.10 Å². The van der Waals surface area contributed by atoms with E-state index in [0.717, 1.165) is 26.8 Å². The van der Waals surface area contributed by atoms with E-state index in [9.17, 15) is 13.2 Å². The number of hydrogen-bond donors (Lipinski definition) is 1. The van der Waals surface area contributed by atoms with Crippen LogP contribution in [0.25, 0.3) is 0 Å². The van der Waals surface area contributed by atoms with E-state index in [2.05, 4.69) is 31.3 Å². The highest BCUT2D eigenvalue weighted by Gasteiger charge is 2.20. The SMILES string of the molecule is Cc1ccc(SCCNC(=O)CN(c2ccc(C(C)C)cc2)S(C)(=O)=O)cc1. The molecule has 0 radical (unpaired) electrons. The molecule has 0 aliphatic heterocycles. The Morgan fingerprint density at radius 2 is 1.68 bits per heavy atom. The number of rotatable bonds is 9. The summed E-state index contributed by atoms with van der Waals surface area (Å²) in [6.07, 6.45) is 1.11. The molecular weight excluding hydrogens is 392 g/mol. The minimum absolute atomic E-state index is 0.227. The number of benzene rings is 2. The Morgan fingerprint density at radius 3 is 2.21 bits per heavy atom. The minimum atomic E-state index is -3.56. The van der Waals surface area contributed by atoms with Gasteiger partial charge in [0.25, 0.3) is 0 Å². The quantitative estimate of drug-likeness (QED) is 0.495. The molecule has 0 aliphatic carbocycles. The van der Waals surface area contributed by atoms with Crippen molar-refractivity contribution in [1.29, 1.82) is 0 Å². The Bertz CT molecular complexity index is 877. The zero-order chi connectivity index (χ0) is 20.7. The number of sulfonamides is 1. The highest BCUT2D eigenvalue weighted by atomic mass is 32.2. The van der Waals surface area contributed by atoms with Gasteiger partial charge in [-0.15, -0.1) is 11.8 Å². The molecule has 0 unspecified atom stereocenters. The molecule has 1 N–H and O–H groups in total. The van der Waals surface area contributed by atoms with Crippen LogP contribution >= 0.6 is 11.8 Å². The van der Waals surface area contributed by atoms with Crippen molar-refractivity contribution in [2.45, 2.75) is 31.6 Å². The lowest BCUT2D eigenvalue weighted by atomic mass is 10.0. The van der Waals surface area contributed by atoms with Gasteiger partial charge in [-0.2, -0.15) is 0 Å². The highest BCUT2D eigenvalue weighted by Crippen LogP contribution is 2.22. The molecule has 152 valence electrons. The highest BCUT2D eigenvalue weighted by molar-refractivity contribution is 7.99. The summed E-state index contributed by atoms with van der Waals surface area (Å²) in [5.74, 6) is 0.759. The van der Waals surface area contributed by atoms with E-state index in [-0.39, 0.29) is 12.5 Å². The summed E-state index contributed by atoms with van der Waals surface area (Å²) in [6.45, 7) is 6.44. The maximum atomic E-state index is 12.3. The van der Waals surface area contributed by atoms with Crippen molar-refractivity contribution in [3.05, 3.63) is 59.7 Å². The Balaban J connectivity index is 1.91. The number of anilines is 1. The normalized spacial score (nSPS) is 11.5. The molecule has 1 amide bonds. The second-order valence-electron chi connectivity index (χ2n) is 7.03. The van der Waals surface area contributed by atoms with Crippen molar-refractivity contribution in [1.82, 2.24) is 5.32 Å². The first-order valence-corrected chi connectivity index (χ1v) is 12.0. The molecule has 0 fully saturated rings. The second-order valence-corrected chi connectivity index (χ2v) is 10.1. The van der Waals surface area contributed by atoms with Gasteiger partial charge in [0.15, 0.2) is 0 Å². The standard InChI is InChI=1S/C21H28N2O3S2/c1-16(2)18-7-9-19(10-8-18)23(28(4,25)26)15-21(24)22-13-14-27-20-11-5-17(3)6-12-20/h5-12,16H,13-15H2,1-4H3,(H,22,24). The van der Waals surface area contributed by atoms with Gasteiger partial charge in [-0.25, -0.2) is 8.42 Å². The number of carbonyl (C=O) groups excluding carboxylic acids is 1. The van der Waals surface area contributed by atoms with E-state index in [1.807, 2.05) is 31.2 Å². The average Bonchev–Trinajstić information content (AvgIpc) is 2.64. The number of amides is 1. The fourth-order valence-electron chi connectivity index (χ4n) is 2.61. The second kappa shape index (κ2) is 9.98. The fourth-order valence-corrected chi connectivity index (χ4v) is 4.23. The molecular formula is C21H28N2O3S2. The molecule has 0 spiro atoms. The van der Waals surface area contributed by atoms with E-state index in [1.165, 1.54) is 5.56 Å². The van der Waals surface area contributed by atoms with Gasteiger partial charge in [-0.05, 0) is 42.7 Å². The molecule has 7 heteroatoms. The van der Waals surface area contributed by atoms with Gasteiger partial charge in [0.05, 0.1) is 11.9 Å². The summed E-state index contributed by atoms with van der Waals surface area (Å²) in [4.78, 5) is 13.4. The molecule has 0 atom stereocenters. The van der Waals surface area contributed by atoms with Crippen LogP contribution in [0.5, 0.6) is 0 Å². The minimum Gasteiger partial charge on any atom is -0.354 e. The van der Waals surface area contributed by atoms with Crippen molar-refractivity contribution < 1.29 is 13.2 Å². The number of hydrogen-bond acceptors (Lipinski definition) is 4. The van der Waals surface area contributed by atoms with E-state index in [1.54, 1.807) is 23.9 Å². The first-order chi connectivity index (χ1) is 13.2. The van der Waals surface area contributed by atoms with Gasteiger partial charge in [0, 0.05) is 17.2 Å². The van der Waals surface area contributed by atoms with Gasteiger partial charge >= 0.3 is 0 Å². The molecule has 0 saturated heterocycles. The van der Waals surface area contributed by atoms with E-state index < -0.39 is 10.0 Å². The average molecular weight is 421 g/mol. The van der Waals surface area contributed by atoms with Crippen LogP contribution in [0.3, 0.4) is 0 Å². The predicted octanol–water partition coefficient (Wildman–Crippen LogP) is 3.79. The van der Waals surface area contributed by atoms with Gasteiger partial charge in [0.2, 0.25) is 15.9 Å². The molecule has 2 aromatic rings. The summed E-state index contributed by atoms with van der Waals surface area (Å²) >= 11 is 1.65. The van der Waals surface area contributed by atoms with E-state index >= 15 is 0 Å². The Morgan fingerprint density at radius 1 is 1.07 bits per heavy atom. The van der Waals surface area contributed by atoms with Crippen LogP contribution in [0.2, 0.25) is 0 Å². The number of nitrogens with zero attached hydrogens (tertiary/aromatic N) is 1. The van der Waals surface area contributed by atoms with Crippen LogP contribution in [0.15, 0.2) is 53.4 Å². The lowest BCUT2D eigenvalue weighted by molar-refractivity contribution is -0.119. The van der Waals surface area contributed by atoms with Crippen LogP contribution in [-0.4, -0.2) is 39.4 Å². The number of nitrogens with one attached hydrogen (secondary N) is 1. The third-order valence-electron chi connectivity index (χ3n) is 4.25. The summed E-state index contributed by atoms with van der Waals surface area (Å²) in [6, 6.07) is 15.5. The molecule has 0 bridgehead atoms. The van der Waals surface area contributed by atoms with Crippen molar-refractivity contribution in [3.63, 3.8) is 0 Å². The third kappa shape index (κ3) is 6.87. The number of thioether (sulfide) groups is 1. The topological polar surface area (TPSA) is 66.5 Å². The first-order valence-electron chi connectivity index (χ1n) is 9.20. The molecule has 2 aromatic carbocycles. The molecule has 0 aromatic heterocycles. The molecule has 5 nitrogen and oxygen atoms in total. The van der Waals surface area contributed by atoms with E-state index in [0.29, 0.717) is 18.2 Å². The predicted molar refractivity (Wildman–Crippen MR) is 118 cm³/mol. The summed E-state index contributed by atoms with van der Waals surface area (Å²) < 4.78 is 25.5. The van der Waals surface area contributed by atoms with Crippen molar-refractivity contribution in [3.8, 4) is 0 Å². The van der Waals surface area contributed by atoms with Crippen LogP contribution in [0.4, 0.5) is 5.69 Å². The largest absolute Gasteiger partial charge is 0.354 e. The maximum absolute atomic E-state index is 12.3. The Labute approximate surface area is 172 Å². The van der Waals surface area contributed by atoms with Crippen molar-refractivity contribution in [2.24, 2.45) is 0 Å². The van der Waals surface area contributed by atoms with Crippen LogP contribution in [0, 0.1) is 6.92 Å². The molecule has 2 rings (SSSR count). The van der Waals surface area contributed by atoms with Crippen LogP contribution in [0.1, 0.15) is 30.9 Å².